The maximum Gasteiger partial charge on any atom is 0.410 e. The summed E-state index contributed by atoms with van der Waals surface area (Å²) < 4.78 is 72.2. The minimum Gasteiger partial charge on any atom is -0.468 e. The minimum atomic E-state index is -1.02. The third-order valence-corrected chi connectivity index (χ3v) is 18.2. The van der Waals surface area contributed by atoms with E-state index in [2.05, 4.69) is 33.0 Å². The molecule has 7 fully saturated rings. The van der Waals surface area contributed by atoms with Gasteiger partial charge in [0.15, 0.2) is 12.6 Å². The summed E-state index contributed by atoms with van der Waals surface area (Å²) in [6.07, 6.45) is 10.4. The normalized spacial score (nSPS) is 23.3. The third kappa shape index (κ3) is 10.5. The molecule has 2 aliphatic carbocycles. The number of nitrogens with zero attached hydrogens (tertiary/aromatic N) is 8. The molecule has 3 aromatic carbocycles. The number of benzene rings is 3. The first-order valence-electron chi connectivity index (χ1n) is 28.5. The van der Waals surface area contributed by atoms with Crippen molar-refractivity contribution in [2.45, 2.75) is 128 Å². The fraction of sp³-hybridized carbons (Fsp3) is 0.567. The highest BCUT2D eigenvalue weighted by molar-refractivity contribution is 6.02. The molecule has 2 bridgehead atoms. The molecule has 16 nitrogen and oxygen atoms in total. The molecule has 0 radical (unpaired) electrons. The SMILES string of the molecule is CCc1cccc2cc(OCOC)cc(-c3ncc4c(N5CC6CCC(C5)N6C(=O)OC(C)(C)C)nc(OCC5(CN6CCC7(CC6)CC(N6CCN(c8cc(F)c(C9CCC(=O)NC9=O)c(F)c8)CC6)C7)CC5)nc4c3F)c12. The Morgan fingerprint density at radius 2 is 1.57 bits per heavy atom. The van der Waals surface area contributed by atoms with Crippen LogP contribution in [0, 0.1) is 28.3 Å². The largest absolute Gasteiger partial charge is 0.468 e. The van der Waals surface area contributed by atoms with Gasteiger partial charge in [-0.25, -0.2) is 18.0 Å². The van der Waals surface area contributed by atoms with Gasteiger partial charge < -0.3 is 33.6 Å². The van der Waals surface area contributed by atoms with E-state index in [4.69, 9.17) is 33.9 Å². The van der Waals surface area contributed by atoms with Gasteiger partial charge in [-0.15, -0.1) is 0 Å². The number of rotatable bonds is 14. The second kappa shape index (κ2) is 21.0. The van der Waals surface area contributed by atoms with E-state index in [0.717, 1.165) is 107 Å². The van der Waals surface area contributed by atoms with Crippen molar-refractivity contribution in [3.63, 3.8) is 0 Å². The van der Waals surface area contributed by atoms with Gasteiger partial charge in [0.05, 0.1) is 30.0 Å². The zero-order chi connectivity index (χ0) is 55.0. The molecule has 5 saturated heterocycles. The van der Waals surface area contributed by atoms with E-state index in [0.29, 0.717) is 72.4 Å². The number of hydrogen-bond donors (Lipinski definition) is 1. The average Bonchev–Trinajstić information content (AvgIpc) is 4.16. The van der Waals surface area contributed by atoms with Crippen molar-refractivity contribution >= 4 is 51.1 Å². The molecule has 12 rings (SSSR count). The summed E-state index contributed by atoms with van der Waals surface area (Å²) in [7, 11) is 1.56. The van der Waals surface area contributed by atoms with Crippen molar-refractivity contribution in [1.82, 2.24) is 35.0 Å². The molecule has 3 amide bonds. The Kier molecular flexibility index (Phi) is 14.2. The first-order chi connectivity index (χ1) is 38.0. The standard InChI is InChI=1S/C60H72F3N9O7/c1-6-36-8-7-9-37-24-42(78-35-76-5)27-44(49(36)37)52-51(63)53-45(30-64-52)54(71-31-38-10-11-39(32-71)72(38)57(75)79-58(2,3)4)67-56(66-53)77-34-60(14-15-60)33-68-18-16-59(17-19-68)28-41(29-59)70-22-20-69(21-23-70)40-25-46(61)50(47(62)26-40)43-12-13-48(73)65-55(43)74/h7-9,24-27,30,38-39,41,43H,6,10-23,28-29,31-35H2,1-5H3,(H,65,73,74). The van der Waals surface area contributed by atoms with Crippen LogP contribution in [0.1, 0.15) is 109 Å². The lowest BCUT2D eigenvalue weighted by Gasteiger charge is -2.56. The van der Waals surface area contributed by atoms with Gasteiger partial charge in [-0.2, -0.15) is 9.97 Å². The molecule has 7 heterocycles. The number of carbonyl (C=O) groups excluding carboxylic acids is 3. The summed E-state index contributed by atoms with van der Waals surface area (Å²) in [5, 5.41) is 4.46. The summed E-state index contributed by atoms with van der Waals surface area (Å²) in [6, 6.07) is 12.8. The first kappa shape index (κ1) is 53.3. The number of ether oxygens (including phenoxy) is 4. The number of nitrogens with one attached hydrogen (secondary N) is 1. The zero-order valence-corrected chi connectivity index (χ0v) is 46.1. The highest BCUT2D eigenvalue weighted by Crippen LogP contribution is 2.53. The van der Waals surface area contributed by atoms with Crippen LogP contribution in [0.4, 0.5) is 29.5 Å². The number of carbonyl (C=O) groups is 3. The number of amides is 3. The molecule has 420 valence electrons. The maximum absolute atomic E-state index is 17.7. The van der Waals surface area contributed by atoms with Crippen molar-refractivity contribution in [3.8, 4) is 23.0 Å². The van der Waals surface area contributed by atoms with Crippen molar-refractivity contribution < 1.29 is 46.5 Å². The van der Waals surface area contributed by atoms with Crippen LogP contribution in [0.25, 0.3) is 32.9 Å². The van der Waals surface area contributed by atoms with Gasteiger partial charge in [0.2, 0.25) is 11.8 Å². The van der Waals surface area contributed by atoms with E-state index in [1.165, 1.54) is 12.1 Å². The quantitative estimate of drug-likeness (QED) is 0.0830. The molecular weight excluding hydrogens is 1020 g/mol. The monoisotopic (exact) mass is 1090 g/mol. The molecule has 1 spiro atoms. The van der Waals surface area contributed by atoms with Gasteiger partial charge in [-0.05, 0) is 144 Å². The van der Waals surface area contributed by atoms with E-state index in [1.54, 1.807) is 13.3 Å². The molecular formula is C60H72F3N9O7. The highest BCUT2D eigenvalue weighted by Gasteiger charge is 2.51. The van der Waals surface area contributed by atoms with E-state index in [1.807, 2.05) is 54.8 Å². The lowest BCUT2D eigenvalue weighted by atomic mass is 9.60. The predicted octanol–water partition coefficient (Wildman–Crippen LogP) is 9.14. The second-order valence-electron chi connectivity index (χ2n) is 24.6. The molecule has 1 N–H and O–H groups in total. The zero-order valence-electron chi connectivity index (χ0n) is 46.1. The number of anilines is 2. The van der Waals surface area contributed by atoms with Gasteiger partial charge in [0, 0.05) is 93.8 Å². The van der Waals surface area contributed by atoms with Crippen LogP contribution in [0.5, 0.6) is 11.8 Å². The number of likely N-dealkylation sites (tertiary alicyclic amines) is 1. The van der Waals surface area contributed by atoms with Crippen LogP contribution in [0.2, 0.25) is 0 Å². The van der Waals surface area contributed by atoms with Crippen LogP contribution in [-0.2, 0) is 25.5 Å². The Morgan fingerprint density at radius 3 is 2.23 bits per heavy atom. The number of hydrogen-bond acceptors (Lipinski definition) is 14. The summed E-state index contributed by atoms with van der Waals surface area (Å²) in [5.41, 5.74) is 1.74. The first-order valence-corrected chi connectivity index (χ1v) is 28.5. The van der Waals surface area contributed by atoms with E-state index < -0.39 is 40.8 Å². The van der Waals surface area contributed by atoms with Gasteiger partial charge >= 0.3 is 12.1 Å². The van der Waals surface area contributed by atoms with Gasteiger partial charge in [0.1, 0.15) is 40.0 Å². The number of piperazine rings is 2. The number of piperidine rings is 2. The number of halogens is 3. The number of pyridine rings is 1. The van der Waals surface area contributed by atoms with Crippen LogP contribution in [-0.4, -0.2) is 151 Å². The van der Waals surface area contributed by atoms with Crippen molar-refractivity contribution in [2.24, 2.45) is 10.8 Å². The highest BCUT2D eigenvalue weighted by atomic mass is 19.1. The van der Waals surface area contributed by atoms with Crippen molar-refractivity contribution in [1.29, 1.82) is 0 Å². The molecule has 2 saturated carbocycles. The topological polar surface area (TPSA) is 155 Å². The molecule has 5 aliphatic heterocycles. The molecule has 7 aliphatic rings. The lowest BCUT2D eigenvalue weighted by molar-refractivity contribution is -0.134. The molecule has 5 aromatic rings. The number of fused-ring (bicyclic) bond motifs is 4. The smallest absolute Gasteiger partial charge is 0.410 e. The predicted molar refractivity (Wildman–Crippen MR) is 293 cm³/mol. The maximum atomic E-state index is 17.7. The lowest BCUT2D eigenvalue weighted by Crippen LogP contribution is -2.59. The number of methoxy groups -OCH3 is 1. The Hall–Kier alpha value is -6.31. The van der Waals surface area contributed by atoms with Crippen LogP contribution < -0.4 is 24.6 Å². The van der Waals surface area contributed by atoms with Gasteiger partial charge in [-0.3, -0.25) is 29.7 Å². The fourth-order valence-electron chi connectivity index (χ4n) is 13.8. The Balaban J connectivity index is 0.718. The summed E-state index contributed by atoms with van der Waals surface area (Å²) in [5.74, 6) is -3.11. The minimum absolute atomic E-state index is 0.0295. The molecule has 3 unspecified atom stereocenters. The summed E-state index contributed by atoms with van der Waals surface area (Å²) >= 11 is 0. The van der Waals surface area contributed by atoms with Crippen LogP contribution in [0.3, 0.4) is 0 Å². The average molecular weight is 1090 g/mol. The van der Waals surface area contributed by atoms with Gasteiger partial charge in [0.25, 0.3) is 0 Å². The third-order valence-electron chi connectivity index (χ3n) is 18.2. The van der Waals surface area contributed by atoms with Crippen molar-refractivity contribution in [2.75, 3.05) is 89.2 Å². The van der Waals surface area contributed by atoms with Gasteiger partial charge in [-0.1, -0.05) is 25.1 Å². The Bertz CT molecular complexity index is 3150. The van der Waals surface area contributed by atoms with Crippen LogP contribution >= 0.6 is 0 Å². The molecule has 3 atom stereocenters. The fourth-order valence-corrected chi connectivity index (χ4v) is 13.8. The molecule has 79 heavy (non-hydrogen) atoms. The van der Waals surface area contributed by atoms with Crippen molar-refractivity contribution in [3.05, 3.63) is 77.2 Å². The second-order valence-corrected chi connectivity index (χ2v) is 24.6. The number of aryl methyl sites for hydroxylation is 1. The molecule has 19 heteroatoms. The Morgan fingerprint density at radius 1 is 0.848 bits per heavy atom. The number of imide groups is 1. The van der Waals surface area contributed by atoms with E-state index >= 15 is 13.2 Å². The molecule has 2 aromatic heterocycles. The summed E-state index contributed by atoms with van der Waals surface area (Å²) in [6.45, 7) is 15.0. The van der Waals surface area contributed by atoms with E-state index in [-0.39, 0.29) is 66.0 Å². The van der Waals surface area contributed by atoms with E-state index in [9.17, 15) is 14.4 Å². The Labute approximate surface area is 459 Å². The number of aromatic nitrogens is 3. The summed E-state index contributed by atoms with van der Waals surface area (Å²) in [4.78, 5) is 63.5. The van der Waals surface area contributed by atoms with Crippen LogP contribution in [0.15, 0.2) is 48.7 Å².